The second-order valence-electron chi connectivity index (χ2n) is 10.4. The van der Waals surface area contributed by atoms with Crippen LogP contribution in [0.4, 0.5) is 16.2 Å². The van der Waals surface area contributed by atoms with E-state index in [1.165, 1.54) is 20.4 Å². The lowest BCUT2D eigenvalue weighted by Crippen LogP contribution is -2.49. The van der Waals surface area contributed by atoms with Crippen LogP contribution >= 0.6 is 0 Å². The van der Waals surface area contributed by atoms with Crippen LogP contribution in [0, 0.1) is 0 Å². The smallest absolute Gasteiger partial charge is 0.319 e. The Balaban J connectivity index is 1.52. The van der Waals surface area contributed by atoms with E-state index in [1.807, 2.05) is 11.8 Å². The number of aliphatic carboxylic acids is 1. The van der Waals surface area contributed by atoms with Crippen LogP contribution in [0.25, 0.3) is 0 Å². The Hall–Kier alpha value is -5.33. The zero-order valence-corrected chi connectivity index (χ0v) is 25.5. The van der Waals surface area contributed by atoms with Crippen LogP contribution in [0.3, 0.4) is 0 Å². The minimum atomic E-state index is -1.07. The summed E-state index contributed by atoms with van der Waals surface area (Å²) in [6.07, 6.45) is 3.50. The van der Waals surface area contributed by atoms with E-state index < -0.39 is 23.9 Å². The summed E-state index contributed by atoms with van der Waals surface area (Å²) >= 11 is 0. The van der Waals surface area contributed by atoms with E-state index in [4.69, 9.17) is 9.47 Å². The van der Waals surface area contributed by atoms with Crippen molar-refractivity contribution in [3.05, 3.63) is 77.6 Å². The molecule has 4 amide bonds. The summed E-state index contributed by atoms with van der Waals surface area (Å²) in [5.74, 6) is -0.701. The van der Waals surface area contributed by atoms with Crippen molar-refractivity contribution in [3.63, 3.8) is 0 Å². The van der Waals surface area contributed by atoms with Crippen molar-refractivity contribution in [2.75, 3.05) is 57.2 Å². The molecule has 0 radical (unpaired) electrons. The van der Waals surface area contributed by atoms with Gasteiger partial charge in [0.2, 0.25) is 0 Å². The lowest BCUT2D eigenvalue weighted by atomic mass is 10.0. The highest BCUT2D eigenvalue weighted by atomic mass is 16.5. The molecule has 1 aromatic heterocycles. The molecule has 0 saturated carbocycles. The topological polar surface area (TPSA) is 162 Å². The molecule has 1 aliphatic heterocycles. The van der Waals surface area contributed by atoms with Gasteiger partial charge in [0.05, 0.1) is 38.1 Å². The Bertz CT molecular complexity index is 1510. The van der Waals surface area contributed by atoms with Gasteiger partial charge in [0, 0.05) is 56.2 Å². The van der Waals surface area contributed by atoms with Gasteiger partial charge in [0.1, 0.15) is 0 Å². The van der Waals surface area contributed by atoms with Gasteiger partial charge >= 0.3 is 12.0 Å². The molecule has 13 nitrogen and oxygen atoms in total. The molecule has 1 atom stereocenters. The Kier molecular flexibility index (Phi) is 11.2. The van der Waals surface area contributed by atoms with Crippen LogP contribution < -0.4 is 30.3 Å². The number of carbonyl (C=O) groups is 4. The van der Waals surface area contributed by atoms with Crippen LogP contribution in [0.2, 0.25) is 0 Å². The number of carboxylic acid groups (broad SMARTS) is 1. The molecule has 3 aromatic rings. The summed E-state index contributed by atoms with van der Waals surface area (Å²) in [5.41, 5.74) is 2.38. The number of nitrogens with zero attached hydrogens (tertiary/aromatic N) is 3. The molecule has 4 rings (SSSR count). The van der Waals surface area contributed by atoms with E-state index in [1.54, 1.807) is 59.6 Å². The summed E-state index contributed by atoms with van der Waals surface area (Å²) in [7, 11) is 3.05. The molecule has 0 bridgehead atoms. The predicted octanol–water partition coefficient (Wildman–Crippen LogP) is 3.54. The van der Waals surface area contributed by atoms with Gasteiger partial charge in [-0.15, -0.1) is 0 Å². The number of ether oxygens (including phenoxy) is 2. The zero-order chi connectivity index (χ0) is 32.3. The number of benzene rings is 2. The lowest BCUT2D eigenvalue weighted by Gasteiger charge is -2.37. The maximum atomic E-state index is 13.3. The molecule has 1 aliphatic rings. The number of urea groups is 1. The molecule has 4 N–H and O–H groups in total. The molecule has 1 fully saturated rings. The fourth-order valence-electron chi connectivity index (χ4n) is 5.01. The first-order chi connectivity index (χ1) is 21.7. The van der Waals surface area contributed by atoms with Gasteiger partial charge in [-0.1, -0.05) is 13.0 Å². The number of carboxylic acids is 1. The van der Waals surface area contributed by atoms with Crippen molar-refractivity contribution in [1.29, 1.82) is 0 Å². The normalized spacial score (nSPS) is 13.4. The largest absolute Gasteiger partial charge is 0.493 e. The van der Waals surface area contributed by atoms with E-state index >= 15 is 0 Å². The van der Waals surface area contributed by atoms with Crippen LogP contribution in [0.1, 0.15) is 52.1 Å². The van der Waals surface area contributed by atoms with Gasteiger partial charge in [0.15, 0.2) is 11.5 Å². The molecule has 0 aliphatic carbocycles. The van der Waals surface area contributed by atoms with E-state index in [0.29, 0.717) is 66.7 Å². The van der Waals surface area contributed by atoms with Crippen molar-refractivity contribution in [2.45, 2.75) is 25.8 Å². The van der Waals surface area contributed by atoms with Crippen LogP contribution in [-0.2, 0) is 4.79 Å². The van der Waals surface area contributed by atoms with Gasteiger partial charge in [0.25, 0.3) is 11.8 Å². The fourth-order valence-corrected chi connectivity index (χ4v) is 5.01. The first kappa shape index (κ1) is 32.6. The maximum Gasteiger partial charge on any atom is 0.319 e. The number of hydrogen-bond donors (Lipinski definition) is 4. The van der Waals surface area contributed by atoms with Gasteiger partial charge in [-0.25, -0.2) is 4.79 Å². The van der Waals surface area contributed by atoms with Crippen molar-refractivity contribution >= 4 is 35.2 Å². The van der Waals surface area contributed by atoms with Crippen molar-refractivity contribution < 1.29 is 33.8 Å². The highest BCUT2D eigenvalue weighted by Gasteiger charge is 2.26. The third-order valence-electron chi connectivity index (χ3n) is 7.35. The number of methoxy groups -OCH3 is 2. The fraction of sp³-hybridized carbons (Fsp3) is 0.344. The molecule has 2 aromatic carbocycles. The summed E-state index contributed by atoms with van der Waals surface area (Å²) < 4.78 is 10.6. The summed E-state index contributed by atoms with van der Waals surface area (Å²) in [5, 5.41) is 17.8. The van der Waals surface area contributed by atoms with E-state index in [0.717, 1.165) is 6.42 Å². The highest BCUT2D eigenvalue weighted by Crippen LogP contribution is 2.31. The number of piperazine rings is 1. The predicted molar refractivity (Wildman–Crippen MR) is 168 cm³/mol. The maximum absolute atomic E-state index is 13.3. The second kappa shape index (κ2) is 15.4. The van der Waals surface area contributed by atoms with E-state index in [9.17, 15) is 24.3 Å². The molecule has 45 heavy (non-hydrogen) atoms. The Morgan fingerprint density at radius 3 is 2.33 bits per heavy atom. The Morgan fingerprint density at radius 1 is 0.956 bits per heavy atom. The minimum Gasteiger partial charge on any atom is -0.493 e. The molecule has 0 spiro atoms. The summed E-state index contributed by atoms with van der Waals surface area (Å²) in [6, 6.07) is 12.1. The second-order valence-corrected chi connectivity index (χ2v) is 10.4. The van der Waals surface area contributed by atoms with E-state index in [2.05, 4.69) is 20.9 Å². The molecule has 1 saturated heterocycles. The number of amides is 4. The van der Waals surface area contributed by atoms with Crippen molar-refractivity contribution in [1.82, 2.24) is 20.5 Å². The first-order valence-electron chi connectivity index (χ1n) is 14.6. The number of anilines is 2. The Morgan fingerprint density at radius 2 is 1.69 bits per heavy atom. The van der Waals surface area contributed by atoms with E-state index in [-0.39, 0.29) is 17.9 Å². The van der Waals surface area contributed by atoms with Gasteiger partial charge in [-0.2, -0.15) is 0 Å². The van der Waals surface area contributed by atoms with Crippen LogP contribution in [0.5, 0.6) is 11.5 Å². The minimum absolute atomic E-state index is 0.135. The lowest BCUT2D eigenvalue weighted by molar-refractivity contribution is -0.137. The third kappa shape index (κ3) is 8.40. The molecule has 13 heteroatoms. The number of carbonyl (C=O) groups excluding carboxylic acids is 3. The highest BCUT2D eigenvalue weighted by molar-refractivity contribution is 6.00. The van der Waals surface area contributed by atoms with Gasteiger partial charge in [-0.3, -0.25) is 19.4 Å². The molecule has 2 heterocycles. The average molecular weight is 619 g/mol. The number of nitrogens with one attached hydrogen (secondary N) is 3. The van der Waals surface area contributed by atoms with Crippen LogP contribution in [-0.4, -0.2) is 85.7 Å². The average Bonchev–Trinajstić information content (AvgIpc) is 3.06. The van der Waals surface area contributed by atoms with Crippen molar-refractivity contribution in [3.8, 4) is 11.5 Å². The monoisotopic (exact) mass is 618 g/mol. The number of hydrogen-bond acceptors (Lipinski definition) is 8. The number of rotatable bonds is 12. The van der Waals surface area contributed by atoms with Crippen molar-refractivity contribution in [2.24, 2.45) is 0 Å². The molecular formula is C32H38N6O7. The SMILES string of the molecule is CCCNC(=O)Nc1cc(C(=O)NC(CC(=O)O)c2cccnc2)ccc1N1CCN(C(=O)c2ccc(OC)c(OC)c2)CC1. The molecule has 238 valence electrons. The Labute approximate surface area is 261 Å². The molecular weight excluding hydrogens is 580 g/mol. The quantitative estimate of drug-likeness (QED) is 0.238. The van der Waals surface area contributed by atoms with Crippen LogP contribution in [0.15, 0.2) is 60.9 Å². The van der Waals surface area contributed by atoms with Gasteiger partial charge in [-0.05, 0) is 54.4 Å². The number of aromatic nitrogens is 1. The van der Waals surface area contributed by atoms with Gasteiger partial charge < -0.3 is 40.3 Å². The molecule has 1 unspecified atom stereocenters. The zero-order valence-electron chi connectivity index (χ0n) is 25.5. The first-order valence-corrected chi connectivity index (χ1v) is 14.6. The summed E-state index contributed by atoms with van der Waals surface area (Å²) in [6.45, 7) is 4.24. The third-order valence-corrected chi connectivity index (χ3v) is 7.35. The summed E-state index contributed by atoms with van der Waals surface area (Å²) in [4.78, 5) is 58.6. The number of pyridine rings is 1. The standard InChI is InChI=1S/C32H38N6O7/c1-4-11-34-32(43)36-25-17-21(30(41)35-24(19-29(39)40)23-6-5-12-33-20-23)7-9-26(25)37-13-15-38(16-14-37)31(42)22-8-10-27(44-2)28(18-22)45-3/h5-10,12,17-18,20,24H,4,11,13-16,19H2,1-3H3,(H,35,41)(H,39,40)(H2,34,36,43).